The maximum atomic E-state index is 12.2. The number of amides is 2. The van der Waals surface area contributed by atoms with Crippen LogP contribution in [0.5, 0.6) is 0 Å². The first-order valence-corrected chi connectivity index (χ1v) is 7.15. The summed E-state index contributed by atoms with van der Waals surface area (Å²) in [6.07, 6.45) is 0.187. The summed E-state index contributed by atoms with van der Waals surface area (Å²) >= 11 is 0. The number of rotatable bonds is 7. The molecule has 0 spiro atoms. The van der Waals surface area contributed by atoms with E-state index in [4.69, 9.17) is 0 Å². The molecule has 0 heterocycles. The topological polar surface area (TPSA) is 95.5 Å². The molecule has 0 radical (unpaired) electrons. The number of benzene rings is 1. The first-order valence-electron chi connectivity index (χ1n) is 7.15. The van der Waals surface area contributed by atoms with Gasteiger partial charge in [0.15, 0.2) is 0 Å². The van der Waals surface area contributed by atoms with Crippen LogP contribution >= 0.6 is 0 Å². The number of nitrogens with one attached hydrogen (secondary N) is 2. The van der Waals surface area contributed by atoms with E-state index in [0.717, 1.165) is 5.56 Å². The molecule has 0 saturated carbocycles. The van der Waals surface area contributed by atoms with E-state index < -0.39 is 24.0 Å². The Morgan fingerprint density at radius 3 is 2.14 bits per heavy atom. The molecule has 0 aliphatic rings. The number of hydrogen-bond donors (Lipinski definition) is 3. The minimum Gasteiger partial charge on any atom is -0.480 e. The van der Waals surface area contributed by atoms with Crippen molar-refractivity contribution >= 4 is 17.8 Å². The molecule has 6 nitrogen and oxygen atoms in total. The van der Waals surface area contributed by atoms with Gasteiger partial charge in [-0.3, -0.25) is 9.59 Å². The van der Waals surface area contributed by atoms with E-state index in [1.165, 1.54) is 6.92 Å². The summed E-state index contributed by atoms with van der Waals surface area (Å²) in [5.41, 5.74) is 0.816. The van der Waals surface area contributed by atoms with Crippen LogP contribution in [-0.2, 0) is 20.8 Å². The van der Waals surface area contributed by atoms with Crippen LogP contribution in [0.3, 0.4) is 0 Å². The lowest BCUT2D eigenvalue weighted by Crippen LogP contribution is -2.53. The average molecular weight is 306 g/mol. The zero-order valence-corrected chi connectivity index (χ0v) is 13.0. The Bertz CT molecular complexity index is 528. The zero-order valence-electron chi connectivity index (χ0n) is 13.0. The Balaban J connectivity index is 2.78. The SMILES string of the molecule is CC(=O)NC(C(=O)NC(Cc1ccccc1)C(=O)O)C(C)C. The van der Waals surface area contributed by atoms with E-state index in [2.05, 4.69) is 10.6 Å². The molecule has 3 N–H and O–H groups in total. The summed E-state index contributed by atoms with van der Waals surface area (Å²) in [6, 6.07) is 7.27. The number of carbonyl (C=O) groups excluding carboxylic acids is 2. The molecule has 0 aromatic heterocycles. The molecule has 0 aliphatic heterocycles. The molecule has 2 amide bonds. The molecule has 6 heteroatoms. The largest absolute Gasteiger partial charge is 0.480 e. The van der Waals surface area contributed by atoms with Crippen molar-refractivity contribution < 1.29 is 19.5 Å². The number of carboxylic acids is 1. The van der Waals surface area contributed by atoms with Gasteiger partial charge in [0.2, 0.25) is 11.8 Å². The van der Waals surface area contributed by atoms with Crippen molar-refractivity contribution in [2.75, 3.05) is 0 Å². The van der Waals surface area contributed by atoms with Crippen LogP contribution in [0.4, 0.5) is 0 Å². The first kappa shape index (κ1) is 17.7. The molecule has 22 heavy (non-hydrogen) atoms. The standard InChI is InChI=1S/C16H22N2O4/c1-10(2)14(17-11(3)19)15(20)18-13(16(21)22)9-12-7-5-4-6-8-12/h4-8,10,13-14H,9H2,1-3H3,(H,17,19)(H,18,20)(H,21,22). The number of carboxylic acid groups (broad SMARTS) is 1. The summed E-state index contributed by atoms with van der Waals surface area (Å²) < 4.78 is 0. The van der Waals surface area contributed by atoms with Crippen molar-refractivity contribution in [3.8, 4) is 0 Å². The second-order valence-corrected chi connectivity index (χ2v) is 5.51. The lowest BCUT2D eigenvalue weighted by atomic mass is 10.0. The van der Waals surface area contributed by atoms with Crippen LogP contribution in [-0.4, -0.2) is 35.0 Å². The molecule has 0 bridgehead atoms. The van der Waals surface area contributed by atoms with Crippen LogP contribution < -0.4 is 10.6 Å². The van der Waals surface area contributed by atoms with Crippen LogP contribution in [0, 0.1) is 5.92 Å². The van der Waals surface area contributed by atoms with Gasteiger partial charge in [0.05, 0.1) is 0 Å². The van der Waals surface area contributed by atoms with Gasteiger partial charge in [0.1, 0.15) is 12.1 Å². The minimum absolute atomic E-state index is 0.143. The van der Waals surface area contributed by atoms with Gasteiger partial charge in [-0.1, -0.05) is 44.2 Å². The molecule has 2 unspecified atom stereocenters. The van der Waals surface area contributed by atoms with Crippen LogP contribution in [0.25, 0.3) is 0 Å². The highest BCUT2D eigenvalue weighted by Crippen LogP contribution is 2.06. The Kier molecular flexibility index (Phi) is 6.56. The van der Waals surface area contributed by atoms with Gasteiger partial charge in [-0.05, 0) is 11.5 Å². The van der Waals surface area contributed by atoms with Crippen molar-refractivity contribution in [2.45, 2.75) is 39.3 Å². The van der Waals surface area contributed by atoms with Crippen LogP contribution in [0.2, 0.25) is 0 Å². The second-order valence-electron chi connectivity index (χ2n) is 5.51. The lowest BCUT2D eigenvalue weighted by Gasteiger charge is -2.23. The molecule has 2 atom stereocenters. The number of aliphatic carboxylic acids is 1. The predicted octanol–water partition coefficient (Wildman–Crippen LogP) is 0.959. The van der Waals surface area contributed by atoms with E-state index in [1.54, 1.807) is 26.0 Å². The fraction of sp³-hybridized carbons (Fsp3) is 0.438. The van der Waals surface area contributed by atoms with Gasteiger partial charge in [-0.15, -0.1) is 0 Å². The maximum Gasteiger partial charge on any atom is 0.326 e. The van der Waals surface area contributed by atoms with E-state index >= 15 is 0 Å². The third-order valence-electron chi connectivity index (χ3n) is 3.21. The molecular formula is C16H22N2O4. The zero-order chi connectivity index (χ0) is 16.7. The molecule has 0 aliphatic carbocycles. The monoisotopic (exact) mass is 306 g/mol. The molecule has 0 fully saturated rings. The highest BCUT2D eigenvalue weighted by molar-refractivity contribution is 5.90. The van der Waals surface area contributed by atoms with Gasteiger partial charge < -0.3 is 15.7 Å². The van der Waals surface area contributed by atoms with Crippen molar-refractivity contribution in [3.05, 3.63) is 35.9 Å². The first-order chi connectivity index (χ1) is 10.3. The molecule has 0 saturated heterocycles. The summed E-state index contributed by atoms with van der Waals surface area (Å²) in [5, 5.41) is 14.3. The van der Waals surface area contributed by atoms with E-state index in [1.807, 2.05) is 18.2 Å². The van der Waals surface area contributed by atoms with Gasteiger partial charge in [-0.25, -0.2) is 4.79 Å². The fourth-order valence-electron chi connectivity index (χ4n) is 2.07. The van der Waals surface area contributed by atoms with Gasteiger partial charge in [-0.2, -0.15) is 0 Å². The number of carbonyl (C=O) groups is 3. The van der Waals surface area contributed by atoms with E-state index in [0.29, 0.717) is 0 Å². The third kappa shape index (κ3) is 5.55. The summed E-state index contributed by atoms with van der Waals surface area (Å²) in [5.74, 6) is -2.07. The van der Waals surface area contributed by atoms with Gasteiger partial charge in [0.25, 0.3) is 0 Å². The molecular weight excluding hydrogens is 284 g/mol. The Labute approximate surface area is 129 Å². The van der Waals surface area contributed by atoms with Gasteiger partial charge in [0, 0.05) is 13.3 Å². The molecule has 1 rings (SSSR count). The second kappa shape index (κ2) is 8.17. The quantitative estimate of drug-likeness (QED) is 0.699. The number of hydrogen-bond acceptors (Lipinski definition) is 3. The maximum absolute atomic E-state index is 12.2. The predicted molar refractivity (Wildman–Crippen MR) is 82.2 cm³/mol. The molecule has 1 aromatic rings. The minimum atomic E-state index is -1.11. The Morgan fingerprint density at radius 1 is 1.09 bits per heavy atom. The fourth-order valence-corrected chi connectivity index (χ4v) is 2.07. The normalized spacial score (nSPS) is 13.3. The third-order valence-corrected chi connectivity index (χ3v) is 3.21. The summed E-state index contributed by atoms with van der Waals surface area (Å²) in [4.78, 5) is 34.8. The lowest BCUT2D eigenvalue weighted by molar-refractivity contribution is -0.142. The average Bonchev–Trinajstić information content (AvgIpc) is 2.44. The summed E-state index contributed by atoms with van der Waals surface area (Å²) in [7, 11) is 0. The van der Waals surface area contributed by atoms with Gasteiger partial charge >= 0.3 is 5.97 Å². The Hall–Kier alpha value is -2.37. The van der Waals surface area contributed by atoms with Crippen LogP contribution in [0.1, 0.15) is 26.3 Å². The highest BCUT2D eigenvalue weighted by atomic mass is 16.4. The van der Waals surface area contributed by atoms with Crippen molar-refractivity contribution in [1.82, 2.24) is 10.6 Å². The molecule has 1 aromatic carbocycles. The van der Waals surface area contributed by atoms with Crippen LogP contribution in [0.15, 0.2) is 30.3 Å². The smallest absolute Gasteiger partial charge is 0.326 e. The van der Waals surface area contributed by atoms with Crippen molar-refractivity contribution in [3.63, 3.8) is 0 Å². The van der Waals surface area contributed by atoms with E-state index in [-0.39, 0.29) is 18.2 Å². The van der Waals surface area contributed by atoms with Crippen molar-refractivity contribution in [1.29, 1.82) is 0 Å². The molecule has 120 valence electrons. The highest BCUT2D eigenvalue weighted by Gasteiger charge is 2.27. The van der Waals surface area contributed by atoms with Crippen molar-refractivity contribution in [2.24, 2.45) is 5.92 Å². The van der Waals surface area contributed by atoms with E-state index in [9.17, 15) is 19.5 Å². The summed E-state index contributed by atoms with van der Waals surface area (Å²) in [6.45, 7) is 4.89. The Morgan fingerprint density at radius 2 is 1.68 bits per heavy atom.